The minimum atomic E-state index is -1.45. The molecule has 1 aliphatic rings. The lowest BCUT2D eigenvalue weighted by Gasteiger charge is -2.34. The lowest BCUT2D eigenvalue weighted by atomic mass is 9.77. The third-order valence-corrected chi connectivity index (χ3v) is 3.08. The molecule has 1 atom stereocenters. The molecule has 16 heavy (non-hydrogen) atoms. The van der Waals surface area contributed by atoms with Crippen molar-refractivity contribution >= 4 is 17.4 Å². The fourth-order valence-corrected chi connectivity index (χ4v) is 1.87. The summed E-state index contributed by atoms with van der Waals surface area (Å²) < 4.78 is 0. The third kappa shape index (κ3) is 1.27. The number of nitrogens with one attached hydrogen (secondary N) is 1. The largest absolute Gasteiger partial charge is 0.323 e. The van der Waals surface area contributed by atoms with Crippen LogP contribution in [0.2, 0.25) is 0 Å². The van der Waals surface area contributed by atoms with Crippen LogP contribution in [-0.2, 0) is 4.79 Å². The van der Waals surface area contributed by atoms with Crippen LogP contribution in [0.1, 0.15) is 24.2 Å². The summed E-state index contributed by atoms with van der Waals surface area (Å²) in [5.41, 5.74) is 5.52. The quantitative estimate of drug-likeness (QED) is 0.695. The molecule has 84 valence electrons. The van der Waals surface area contributed by atoms with E-state index in [0.29, 0.717) is 11.3 Å². The zero-order chi connectivity index (χ0) is 11.9. The van der Waals surface area contributed by atoms with Crippen molar-refractivity contribution < 1.29 is 9.59 Å². The van der Waals surface area contributed by atoms with Gasteiger partial charge in [-0.2, -0.15) is 0 Å². The lowest BCUT2D eigenvalue weighted by Crippen LogP contribution is -2.63. The molecule has 4 heteroatoms. The Morgan fingerprint density at radius 2 is 1.88 bits per heavy atom. The van der Waals surface area contributed by atoms with E-state index in [0.717, 1.165) is 0 Å². The van der Waals surface area contributed by atoms with Gasteiger partial charge in [-0.25, -0.2) is 0 Å². The minimum absolute atomic E-state index is 0.242. The number of benzene rings is 1. The number of amides is 1. The van der Waals surface area contributed by atoms with Gasteiger partial charge in [-0.1, -0.05) is 26.0 Å². The van der Waals surface area contributed by atoms with Crippen LogP contribution in [0.15, 0.2) is 24.3 Å². The number of rotatable bonds is 1. The first kappa shape index (κ1) is 10.8. The van der Waals surface area contributed by atoms with Gasteiger partial charge in [0, 0.05) is 5.56 Å². The Kier molecular flexibility index (Phi) is 2.31. The second kappa shape index (κ2) is 3.42. The second-order valence-corrected chi connectivity index (χ2v) is 4.35. The smallest absolute Gasteiger partial charge is 0.252 e. The van der Waals surface area contributed by atoms with Crippen LogP contribution < -0.4 is 11.1 Å². The summed E-state index contributed by atoms with van der Waals surface area (Å²) in [6.45, 7) is 3.54. The maximum atomic E-state index is 12.2. The van der Waals surface area contributed by atoms with Gasteiger partial charge in [0.2, 0.25) is 0 Å². The summed E-state index contributed by atoms with van der Waals surface area (Å²) in [6.07, 6.45) is 0. The van der Waals surface area contributed by atoms with E-state index in [1.54, 1.807) is 38.1 Å². The zero-order valence-corrected chi connectivity index (χ0v) is 9.28. The van der Waals surface area contributed by atoms with Gasteiger partial charge in [0.25, 0.3) is 5.91 Å². The van der Waals surface area contributed by atoms with Crippen LogP contribution in [0.4, 0.5) is 5.69 Å². The van der Waals surface area contributed by atoms with Crippen LogP contribution >= 0.6 is 0 Å². The maximum Gasteiger partial charge on any atom is 0.252 e. The van der Waals surface area contributed by atoms with E-state index in [1.807, 2.05) is 0 Å². The predicted octanol–water partition coefficient (Wildman–Crippen LogP) is 1.17. The highest BCUT2D eigenvalue weighted by molar-refractivity contribution is 6.27. The van der Waals surface area contributed by atoms with Crippen LogP contribution in [0, 0.1) is 5.92 Å². The van der Waals surface area contributed by atoms with Crippen molar-refractivity contribution in [2.75, 3.05) is 5.32 Å². The summed E-state index contributed by atoms with van der Waals surface area (Å²) in [5, 5.41) is 2.68. The second-order valence-electron chi connectivity index (χ2n) is 4.35. The molecule has 1 aromatic carbocycles. The highest BCUT2D eigenvalue weighted by atomic mass is 16.2. The molecular formula is C12H14N2O2. The molecule has 1 aromatic rings. The van der Waals surface area contributed by atoms with Gasteiger partial charge < -0.3 is 11.1 Å². The van der Waals surface area contributed by atoms with Crippen LogP contribution in [-0.4, -0.2) is 17.2 Å². The Morgan fingerprint density at radius 3 is 2.50 bits per heavy atom. The fraction of sp³-hybridized carbons (Fsp3) is 0.333. The van der Waals surface area contributed by atoms with Gasteiger partial charge in [0.1, 0.15) is 0 Å². The number of Topliss-reactive ketones (excluding diaryl/α,β-unsaturated/α-hetero) is 1. The summed E-state index contributed by atoms with van der Waals surface area (Å²) in [5.74, 6) is -0.971. The topological polar surface area (TPSA) is 72.2 Å². The van der Waals surface area contributed by atoms with Gasteiger partial charge in [-0.15, -0.1) is 0 Å². The number of carbonyl (C=O) groups excluding carboxylic acids is 2. The molecule has 0 saturated heterocycles. The molecule has 0 aromatic heterocycles. The molecule has 0 saturated carbocycles. The van der Waals surface area contributed by atoms with Crippen molar-refractivity contribution in [3.63, 3.8) is 0 Å². The Labute approximate surface area is 93.8 Å². The monoisotopic (exact) mass is 218 g/mol. The first-order valence-electron chi connectivity index (χ1n) is 5.22. The number of hydrogen-bond acceptors (Lipinski definition) is 3. The van der Waals surface area contributed by atoms with Crippen LogP contribution in [0.3, 0.4) is 0 Å². The molecule has 1 amide bonds. The van der Waals surface area contributed by atoms with E-state index in [4.69, 9.17) is 5.73 Å². The van der Waals surface area contributed by atoms with Gasteiger partial charge >= 0.3 is 0 Å². The molecular weight excluding hydrogens is 204 g/mol. The first-order chi connectivity index (χ1) is 7.48. The standard InChI is InChI=1S/C12H14N2O2/c1-7(2)12(13)10(15)8-5-3-4-6-9(8)14-11(12)16/h3-7H,13H2,1-2H3,(H,14,16)/t12-/m1/s1. The highest BCUT2D eigenvalue weighted by Gasteiger charge is 2.48. The Balaban J connectivity index is 2.58. The number of hydrogen-bond donors (Lipinski definition) is 2. The lowest BCUT2D eigenvalue weighted by molar-refractivity contribution is -0.121. The zero-order valence-electron chi connectivity index (χ0n) is 9.28. The van der Waals surface area contributed by atoms with Gasteiger partial charge in [0.15, 0.2) is 11.3 Å². The van der Waals surface area contributed by atoms with Crippen molar-refractivity contribution in [2.45, 2.75) is 19.4 Å². The first-order valence-corrected chi connectivity index (χ1v) is 5.22. The number of fused-ring (bicyclic) bond motifs is 1. The fourth-order valence-electron chi connectivity index (χ4n) is 1.87. The molecule has 0 unspecified atom stereocenters. The van der Waals surface area contributed by atoms with E-state index in [1.165, 1.54) is 0 Å². The van der Waals surface area contributed by atoms with Gasteiger partial charge in [-0.3, -0.25) is 9.59 Å². The minimum Gasteiger partial charge on any atom is -0.323 e. The maximum absolute atomic E-state index is 12.2. The molecule has 0 spiro atoms. The summed E-state index contributed by atoms with van der Waals surface area (Å²) in [4.78, 5) is 24.1. The number of anilines is 1. The Morgan fingerprint density at radius 1 is 1.25 bits per heavy atom. The average molecular weight is 218 g/mol. The van der Waals surface area contributed by atoms with Crippen LogP contribution in [0.25, 0.3) is 0 Å². The van der Waals surface area contributed by atoms with E-state index in [-0.39, 0.29) is 11.7 Å². The van der Waals surface area contributed by atoms with E-state index < -0.39 is 11.4 Å². The molecule has 3 N–H and O–H groups in total. The van der Waals surface area contributed by atoms with Crippen molar-refractivity contribution in [2.24, 2.45) is 11.7 Å². The molecule has 2 rings (SSSR count). The van der Waals surface area contributed by atoms with Crippen molar-refractivity contribution in [3.8, 4) is 0 Å². The average Bonchev–Trinajstić information content (AvgIpc) is 2.26. The Hall–Kier alpha value is -1.68. The highest BCUT2D eigenvalue weighted by Crippen LogP contribution is 2.30. The third-order valence-electron chi connectivity index (χ3n) is 3.08. The summed E-state index contributed by atoms with van der Waals surface area (Å²) >= 11 is 0. The number of nitrogens with two attached hydrogens (primary N) is 1. The molecule has 1 aliphatic heterocycles. The van der Waals surface area contributed by atoms with Gasteiger partial charge in [0.05, 0.1) is 5.69 Å². The Bertz CT molecular complexity index is 468. The molecule has 1 heterocycles. The normalized spacial score (nSPS) is 24.2. The van der Waals surface area contributed by atoms with E-state index in [9.17, 15) is 9.59 Å². The molecule has 0 fully saturated rings. The van der Waals surface area contributed by atoms with E-state index >= 15 is 0 Å². The number of ketones is 1. The molecule has 0 radical (unpaired) electrons. The van der Waals surface area contributed by atoms with Gasteiger partial charge in [-0.05, 0) is 18.1 Å². The van der Waals surface area contributed by atoms with Crippen LogP contribution in [0.5, 0.6) is 0 Å². The molecule has 0 bridgehead atoms. The summed E-state index contributed by atoms with van der Waals surface area (Å²) in [7, 11) is 0. The predicted molar refractivity (Wildman–Crippen MR) is 61.2 cm³/mol. The number of carbonyl (C=O) groups is 2. The van der Waals surface area contributed by atoms with Crippen molar-refractivity contribution in [1.29, 1.82) is 0 Å². The van der Waals surface area contributed by atoms with Crippen molar-refractivity contribution in [3.05, 3.63) is 29.8 Å². The molecule has 0 aliphatic carbocycles. The van der Waals surface area contributed by atoms with E-state index in [2.05, 4.69) is 5.32 Å². The van der Waals surface area contributed by atoms with Crippen molar-refractivity contribution in [1.82, 2.24) is 0 Å². The number of para-hydroxylation sites is 1. The SMILES string of the molecule is CC(C)[C@]1(N)C(=O)Nc2ccccc2C1=O. The summed E-state index contributed by atoms with van der Waals surface area (Å²) in [6, 6.07) is 6.91. The molecule has 4 nitrogen and oxygen atoms in total.